The van der Waals surface area contributed by atoms with Gasteiger partial charge in [0.15, 0.2) is 5.78 Å². The highest BCUT2D eigenvalue weighted by Gasteiger charge is 2.13. The first kappa shape index (κ1) is 16.2. The molecule has 0 spiro atoms. The molecular formula is C19H23NO2. The Hall–Kier alpha value is -2.16. The van der Waals surface area contributed by atoms with Crippen LogP contribution in [0.4, 0.5) is 0 Å². The summed E-state index contributed by atoms with van der Waals surface area (Å²) in [5.74, 6) is 0.295. The van der Waals surface area contributed by atoms with Crippen LogP contribution in [0.1, 0.15) is 56.0 Å². The van der Waals surface area contributed by atoms with Gasteiger partial charge >= 0.3 is 0 Å². The molecule has 116 valence electrons. The van der Waals surface area contributed by atoms with E-state index in [4.69, 9.17) is 0 Å². The third-order valence-electron chi connectivity index (χ3n) is 3.87. The van der Waals surface area contributed by atoms with Gasteiger partial charge in [-0.1, -0.05) is 45.0 Å². The van der Waals surface area contributed by atoms with E-state index in [9.17, 15) is 9.59 Å². The number of nitrogens with zero attached hydrogens (tertiary/aromatic N) is 1. The van der Waals surface area contributed by atoms with Crippen molar-refractivity contribution >= 4 is 5.78 Å². The van der Waals surface area contributed by atoms with Crippen LogP contribution < -0.4 is 5.56 Å². The summed E-state index contributed by atoms with van der Waals surface area (Å²) in [5, 5.41) is 0. The fourth-order valence-electron chi connectivity index (χ4n) is 2.58. The van der Waals surface area contributed by atoms with Gasteiger partial charge in [-0.25, -0.2) is 0 Å². The van der Waals surface area contributed by atoms with E-state index >= 15 is 0 Å². The predicted octanol–water partition coefficient (Wildman–Crippen LogP) is 4.25. The number of rotatable bonds is 5. The number of carbonyl (C=O) groups excluding carboxylic acids is 1. The van der Waals surface area contributed by atoms with Crippen LogP contribution in [0.2, 0.25) is 0 Å². The third-order valence-corrected chi connectivity index (χ3v) is 3.87. The zero-order chi connectivity index (χ0) is 16.3. The average Bonchev–Trinajstić information content (AvgIpc) is 2.49. The molecule has 0 aliphatic heterocycles. The largest absolute Gasteiger partial charge is 0.308 e. The summed E-state index contributed by atoms with van der Waals surface area (Å²) in [6.07, 6.45) is 0.846. The second-order valence-electron chi connectivity index (χ2n) is 5.92. The van der Waals surface area contributed by atoms with Crippen molar-refractivity contribution in [1.82, 2.24) is 4.57 Å². The fraction of sp³-hybridized carbons (Fsp3) is 0.368. The van der Waals surface area contributed by atoms with Gasteiger partial charge in [-0.15, -0.1) is 0 Å². The maximum Gasteiger partial charge on any atom is 0.261 e. The van der Waals surface area contributed by atoms with Crippen LogP contribution in [0.15, 0.2) is 41.2 Å². The molecule has 0 bridgehead atoms. The van der Waals surface area contributed by atoms with E-state index in [1.165, 1.54) is 12.5 Å². The number of pyridine rings is 1. The molecule has 0 saturated carbocycles. The fourth-order valence-corrected chi connectivity index (χ4v) is 2.58. The van der Waals surface area contributed by atoms with Crippen LogP contribution in [0.25, 0.3) is 11.3 Å². The molecule has 0 saturated heterocycles. The maximum absolute atomic E-state index is 12.5. The number of benzene rings is 1. The number of carbonyl (C=O) groups is 1. The van der Waals surface area contributed by atoms with E-state index in [-0.39, 0.29) is 16.9 Å². The standard InChI is InChI=1S/C19H23NO2/c1-5-12-20-18(11-10-17(14(4)21)19(20)22)16-8-6-15(7-9-16)13(2)3/h6-11,13H,5,12H2,1-4H3. The molecule has 1 aromatic carbocycles. The van der Waals surface area contributed by atoms with Gasteiger partial charge in [0.2, 0.25) is 0 Å². The Balaban J connectivity index is 2.57. The highest BCUT2D eigenvalue weighted by atomic mass is 16.1. The van der Waals surface area contributed by atoms with Gasteiger partial charge in [-0.2, -0.15) is 0 Å². The molecular weight excluding hydrogens is 274 g/mol. The highest BCUT2D eigenvalue weighted by molar-refractivity contribution is 5.94. The van der Waals surface area contributed by atoms with Crippen molar-refractivity contribution < 1.29 is 4.79 Å². The molecule has 1 aromatic heterocycles. The van der Waals surface area contributed by atoms with Gasteiger partial charge in [0.1, 0.15) is 0 Å². The average molecular weight is 297 g/mol. The van der Waals surface area contributed by atoms with Crippen molar-refractivity contribution in [2.75, 3.05) is 0 Å². The number of ketones is 1. The molecule has 22 heavy (non-hydrogen) atoms. The first-order chi connectivity index (χ1) is 10.5. The number of hydrogen-bond donors (Lipinski definition) is 0. The Morgan fingerprint density at radius 2 is 1.73 bits per heavy atom. The molecule has 0 N–H and O–H groups in total. The lowest BCUT2D eigenvalue weighted by molar-refractivity contribution is 0.101. The lowest BCUT2D eigenvalue weighted by Crippen LogP contribution is -2.26. The number of hydrogen-bond acceptors (Lipinski definition) is 2. The topological polar surface area (TPSA) is 39.1 Å². The van der Waals surface area contributed by atoms with Gasteiger partial charge in [-0.3, -0.25) is 9.59 Å². The lowest BCUT2D eigenvalue weighted by Gasteiger charge is -2.14. The summed E-state index contributed by atoms with van der Waals surface area (Å²) in [4.78, 5) is 24.1. The Morgan fingerprint density at radius 3 is 2.23 bits per heavy atom. The quantitative estimate of drug-likeness (QED) is 0.774. The zero-order valence-electron chi connectivity index (χ0n) is 13.7. The Labute approximate surface area is 131 Å². The van der Waals surface area contributed by atoms with E-state index in [0.717, 1.165) is 17.7 Å². The molecule has 0 atom stereocenters. The van der Waals surface area contributed by atoms with Gasteiger partial charge < -0.3 is 4.57 Å². The summed E-state index contributed by atoms with van der Waals surface area (Å²) in [5.41, 5.74) is 3.21. The smallest absolute Gasteiger partial charge is 0.261 e. The van der Waals surface area contributed by atoms with E-state index < -0.39 is 0 Å². The zero-order valence-corrected chi connectivity index (χ0v) is 13.7. The van der Waals surface area contributed by atoms with Crippen LogP contribution in [0.5, 0.6) is 0 Å². The van der Waals surface area contributed by atoms with Gasteiger partial charge in [-0.05, 0) is 42.5 Å². The molecule has 0 amide bonds. The first-order valence-electron chi connectivity index (χ1n) is 7.80. The molecule has 2 rings (SSSR count). The van der Waals surface area contributed by atoms with Crippen molar-refractivity contribution in [3.8, 4) is 11.3 Å². The molecule has 2 aromatic rings. The van der Waals surface area contributed by atoms with Crippen LogP contribution in [-0.4, -0.2) is 10.4 Å². The third kappa shape index (κ3) is 3.19. The van der Waals surface area contributed by atoms with E-state index in [1.54, 1.807) is 10.6 Å². The van der Waals surface area contributed by atoms with Crippen molar-refractivity contribution in [3.05, 3.63) is 57.9 Å². The minimum absolute atomic E-state index is 0.184. The SMILES string of the molecule is CCCn1c(-c2ccc(C(C)C)cc2)ccc(C(C)=O)c1=O. The van der Waals surface area contributed by atoms with Gasteiger partial charge in [0, 0.05) is 6.54 Å². The van der Waals surface area contributed by atoms with Crippen molar-refractivity contribution in [2.45, 2.75) is 46.6 Å². The van der Waals surface area contributed by atoms with E-state index in [0.29, 0.717) is 12.5 Å². The van der Waals surface area contributed by atoms with Crippen LogP contribution in [-0.2, 0) is 6.54 Å². The van der Waals surface area contributed by atoms with Crippen LogP contribution >= 0.6 is 0 Å². The van der Waals surface area contributed by atoms with Crippen LogP contribution in [0, 0.1) is 0 Å². The Morgan fingerprint density at radius 1 is 1.09 bits per heavy atom. The molecule has 0 aliphatic rings. The summed E-state index contributed by atoms with van der Waals surface area (Å²) in [7, 11) is 0. The Kier molecular flexibility index (Phi) is 4.96. The number of Topliss-reactive ketones (excluding diaryl/α,β-unsaturated/α-hetero) is 1. The van der Waals surface area contributed by atoms with Crippen LogP contribution in [0.3, 0.4) is 0 Å². The molecule has 3 heteroatoms. The molecule has 0 aliphatic carbocycles. The minimum atomic E-state index is -0.195. The van der Waals surface area contributed by atoms with E-state index in [2.05, 4.69) is 26.0 Å². The predicted molar refractivity (Wildman–Crippen MR) is 90.5 cm³/mol. The summed E-state index contributed by atoms with van der Waals surface area (Å²) >= 11 is 0. The lowest BCUT2D eigenvalue weighted by atomic mass is 10.00. The normalized spacial score (nSPS) is 11.0. The molecule has 1 heterocycles. The molecule has 3 nitrogen and oxygen atoms in total. The van der Waals surface area contributed by atoms with Crippen molar-refractivity contribution in [3.63, 3.8) is 0 Å². The summed E-state index contributed by atoms with van der Waals surface area (Å²) in [6.45, 7) is 8.39. The maximum atomic E-state index is 12.5. The van der Waals surface area contributed by atoms with Crippen molar-refractivity contribution in [1.29, 1.82) is 0 Å². The van der Waals surface area contributed by atoms with E-state index in [1.807, 2.05) is 25.1 Å². The Bertz CT molecular complexity index is 724. The first-order valence-corrected chi connectivity index (χ1v) is 7.80. The molecule has 0 radical (unpaired) electrons. The summed E-state index contributed by atoms with van der Waals surface area (Å²) in [6, 6.07) is 11.8. The van der Waals surface area contributed by atoms with Gasteiger partial charge in [0.25, 0.3) is 5.56 Å². The second-order valence-corrected chi connectivity index (χ2v) is 5.92. The summed E-state index contributed by atoms with van der Waals surface area (Å²) < 4.78 is 1.71. The second kappa shape index (κ2) is 6.73. The highest BCUT2D eigenvalue weighted by Crippen LogP contribution is 2.22. The minimum Gasteiger partial charge on any atom is -0.308 e. The number of aromatic nitrogens is 1. The van der Waals surface area contributed by atoms with Crippen molar-refractivity contribution in [2.24, 2.45) is 0 Å². The molecule has 0 unspecified atom stereocenters. The van der Waals surface area contributed by atoms with Gasteiger partial charge in [0.05, 0.1) is 11.3 Å². The monoisotopic (exact) mass is 297 g/mol. The molecule has 0 fully saturated rings.